The van der Waals surface area contributed by atoms with E-state index in [-0.39, 0.29) is 0 Å². The van der Waals surface area contributed by atoms with Crippen molar-refractivity contribution < 1.29 is 0 Å². The Kier molecular flexibility index (Phi) is 6.70. The molecule has 2 nitrogen and oxygen atoms in total. The number of thiophene rings is 1. The third kappa shape index (κ3) is 4.63. The fourth-order valence-corrected chi connectivity index (χ4v) is 8.93. The Balaban J connectivity index is 1.12. The van der Waals surface area contributed by atoms with Crippen LogP contribution in [0.2, 0.25) is 0 Å². The van der Waals surface area contributed by atoms with Crippen LogP contribution in [0, 0.1) is 0 Å². The van der Waals surface area contributed by atoms with Crippen LogP contribution < -0.4 is 15.5 Å². The molecule has 0 N–H and O–H groups in total. The average molecular weight is 669 g/mol. The number of rotatable bonds is 6. The minimum Gasteiger partial charge on any atom is -0.310 e. The molecule has 0 aliphatic carbocycles. The molecule has 10 aromatic rings. The number of fused-ring (bicyclic) bond motifs is 6. The quantitative estimate of drug-likeness (QED) is 0.171. The van der Waals surface area contributed by atoms with Crippen LogP contribution in [0.1, 0.15) is 0 Å². The van der Waals surface area contributed by atoms with Crippen molar-refractivity contribution >= 4 is 88.4 Å². The SMILES string of the molecule is C=CC=c1c(=C)c2cccc3c4cc(N(c5ccc(-c6ccccc6)cc5)c5ccc(-c6ccc7sc8ccccc8c7c6)cc5)ccc4n1c23. The van der Waals surface area contributed by atoms with Crippen LogP contribution >= 0.6 is 11.3 Å². The van der Waals surface area contributed by atoms with Crippen LogP contribution in [0.25, 0.3) is 82.3 Å². The van der Waals surface area contributed by atoms with Gasteiger partial charge in [-0.3, -0.25) is 0 Å². The number of para-hydroxylation sites is 1. The molecule has 0 spiro atoms. The molecule has 7 aromatic carbocycles. The Labute approximate surface area is 299 Å². The predicted octanol–water partition coefficient (Wildman–Crippen LogP) is 12.2. The molecule has 3 heteroatoms. The summed E-state index contributed by atoms with van der Waals surface area (Å²) in [7, 11) is 0. The van der Waals surface area contributed by atoms with E-state index in [2.05, 4.69) is 186 Å². The summed E-state index contributed by atoms with van der Waals surface area (Å²) in [5.74, 6) is 0. The molecule has 3 heterocycles. The zero-order valence-electron chi connectivity index (χ0n) is 27.9. The summed E-state index contributed by atoms with van der Waals surface area (Å²) in [5, 5.41) is 8.37. The summed E-state index contributed by atoms with van der Waals surface area (Å²) in [6.07, 6.45) is 3.92. The van der Waals surface area contributed by atoms with Crippen LogP contribution in [-0.4, -0.2) is 4.40 Å². The Hall–Kier alpha value is -6.42. The third-order valence-electron chi connectivity index (χ3n) is 10.2. The van der Waals surface area contributed by atoms with Gasteiger partial charge in [0.2, 0.25) is 0 Å². The lowest BCUT2D eigenvalue weighted by Crippen LogP contribution is -2.23. The number of benzene rings is 7. The molecular formula is C48H32N2S. The normalized spacial score (nSPS) is 12.2. The van der Waals surface area contributed by atoms with Crippen molar-refractivity contribution in [1.29, 1.82) is 0 Å². The Bertz CT molecular complexity index is 3040. The highest BCUT2D eigenvalue weighted by molar-refractivity contribution is 7.25. The second-order valence-corrected chi connectivity index (χ2v) is 14.2. The van der Waals surface area contributed by atoms with Crippen molar-refractivity contribution in [3.8, 4) is 22.3 Å². The van der Waals surface area contributed by atoms with E-state index in [1.54, 1.807) is 0 Å². The van der Waals surface area contributed by atoms with Gasteiger partial charge in [-0.25, -0.2) is 0 Å². The van der Waals surface area contributed by atoms with Gasteiger partial charge in [-0.1, -0.05) is 116 Å². The summed E-state index contributed by atoms with van der Waals surface area (Å²) >= 11 is 1.86. The lowest BCUT2D eigenvalue weighted by molar-refractivity contribution is 1.22. The van der Waals surface area contributed by atoms with Crippen LogP contribution in [0.4, 0.5) is 17.1 Å². The highest BCUT2D eigenvalue weighted by atomic mass is 32.1. The number of hydrogen-bond donors (Lipinski definition) is 0. The van der Waals surface area contributed by atoms with Crippen LogP contribution in [-0.2, 0) is 0 Å². The van der Waals surface area contributed by atoms with Gasteiger partial charge in [0.15, 0.2) is 0 Å². The second-order valence-electron chi connectivity index (χ2n) is 13.1. The molecule has 0 amide bonds. The average Bonchev–Trinajstić information content (AvgIpc) is 3.82. The van der Waals surface area contributed by atoms with Gasteiger partial charge in [0.25, 0.3) is 0 Å². The summed E-state index contributed by atoms with van der Waals surface area (Å²) in [6.45, 7) is 8.43. The molecule has 240 valence electrons. The predicted molar refractivity (Wildman–Crippen MR) is 221 cm³/mol. The number of allylic oxidation sites excluding steroid dienone is 1. The topological polar surface area (TPSA) is 7.65 Å². The van der Waals surface area contributed by atoms with Crippen molar-refractivity contribution in [1.82, 2.24) is 4.40 Å². The molecule has 0 atom stereocenters. The number of anilines is 3. The molecule has 51 heavy (non-hydrogen) atoms. The van der Waals surface area contributed by atoms with E-state index in [9.17, 15) is 0 Å². The van der Waals surface area contributed by atoms with Gasteiger partial charge in [0, 0.05) is 58.6 Å². The van der Waals surface area contributed by atoms with Crippen LogP contribution in [0.3, 0.4) is 0 Å². The van der Waals surface area contributed by atoms with Crippen molar-refractivity contribution in [3.05, 3.63) is 181 Å². The van der Waals surface area contributed by atoms with Crippen molar-refractivity contribution in [2.24, 2.45) is 0 Å². The minimum absolute atomic E-state index is 1.04. The van der Waals surface area contributed by atoms with E-state index < -0.39 is 0 Å². The number of nitrogens with zero attached hydrogens (tertiary/aromatic N) is 2. The van der Waals surface area contributed by atoms with E-state index in [0.29, 0.717) is 0 Å². The number of aromatic nitrogens is 1. The maximum absolute atomic E-state index is 4.44. The lowest BCUT2D eigenvalue weighted by Gasteiger charge is -2.26. The van der Waals surface area contributed by atoms with E-state index in [1.807, 2.05) is 17.4 Å². The maximum atomic E-state index is 4.44. The Morgan fingerprint density at radius 3 is 1.86 bits per heavy atom. The van der Waals surface area contributed by atoms with Crippen LogP contribution in [0.5, 0.6) is 0 Å². The van der Waals surface area contributed by atoms with Gasteiger partial charge in [-0.15, -0.1) is 11.3 Å². The first-order valence-electron chi connectivity index (χ1n) is 17.2. The van der Waals surface area contributed by atoms with Gasteiger partial charge in [0.05, 0.1) is 16.4 Å². The summed E-state index contributed by atoms with van der Waals surface area (Å²) in [6, 6.07) is 57.4. The standard InChI is InChI=1S/C48H32N2S/c1-3-10-44-31(2)39-14-9-15-41-42-30-38(26-27-45(42)50(44)48(39)41)49(36-22-17-33(18-23-36)32-11-5-4-6-12-32)37-24-19-34(20-25-37)35-21-28-47-43(29-35)40-13-7-8-16-46(40)51-47/h3-30H,1-2H2. The molecule has 0 unspecified atom stereocenters. The molecular weight excluding hydrogens is 637 g/mol. The summed E-state index contributed by atoms with van der Waals surface area (Å²) < 4.78 is 4.99. The van der Waals surface area contributed by atoms with Gasteiger partial charge >= 0.3 is 0 Å². The van der Waals surface area contributed by atoms with Crippen molar-refractivity contribution in [2.75, 3.05) is 4.90 Å². The zero-order chi connectivity index (χ0) is 34.1. The molecule has 0 bridgehead atoms. The smallest absolute Gasteiger partial charge is 0.0620 e. The molecule has 10 rings (SSSR count). The van der Waals surface area contributed by atoms with E-state index in [4.69, 9.17) is 0 Å². The molecule has 0 fully saturated rings. The monoisotopic (exact) mass is 668 g/mol. The fourth-order valence-electron chi connectivity index (χ4n) is 7.84. The Morgan fingerprint density at radius 2 is 1.10 bits per heavy atom. The zero-order valence-corrected chi connectivity index (χ0v) is 28.7. The highest BCUT2D eigenvalue weighted by Crippen LogP contribution is 2.41. The van der Waals surface area contributed by atoms with E-state index >= 15 is 0 Å². The van der Waals surface area contributed by atoms with E-state index in [1.165, 1.54) is 69.6 Å². The minimum atomic E-state index is 1.04. The van der Waals surface area contributed by atoms with Crippen molar-refractivity contribution in [2.45, 2.75) is 0 Å². The molecule has 0 radical (unpaired) electrons. The van der Waals surface area contributed by atoms with Gasteiger partial charge < -0.3 is 9.30 Å². The largest absolute Gasteiger partial charge is 0.310 e. The second kappa shape index (κ2) is 11.6. The first-order valence-corrected chi connectivity index (χ1v) is 18.1. The Morgan fingerprint density at radius 1 is 0.490 bits per heavy atom. The molecule has 0 aliphatic heterocycles. The summed E-state index contributed by atoms with van der Waals surface area (Å²) in [4.78, 5) is 2.37. The van der Waals surface area contributed by atoms with Crippen LogP contribution in [0.15, 0.2) is 170 Å². The molecule has 0 saturated carbocycles. The molecule has 0 aliphatic rings. The number of hydrogen-bond acceptors (Lipinski definition) is 2. The van der Waals surface area contributed by atoms with Gasteiger partial charge in [0.1, 0.15) is 0 Å². The fraction of sp³-hybridized carbons (Fsp3) is 0. The lowest BCUT2D eigenvalue weighted by atomic mass is 10.0. The molecule has 3 aromatic heterocycles. The highest BCUT2D eigenvalue weighted by Gasteiger charge is 2.19. The van der Waals surface area contributed by atoms with E-state index in [0.717, 1.165) is 27.6 Å². The van der Waals surface area contributed by atoms with Gasteiger partial charge in [-0.05, 0) is 89.0 Å². The first-order chi connectivity index (χ1) is 25.2. The maximum Gasteiger partial charge on any atom is 0.0620 e. The van der Waals surface area contributed by atoms with Gasteiger partial charge in [-0.2, -0.15) is 0 Å². The third-order valence-corrected chi connectivity index (χ3v) is 11.4. The first kappa shape index (κ1) is 29.5. The van der Waals surface area contributed by atoms with Crippen molar-refractivity contribution in [3.63, 3.8) is 0 Å². The molecule has 0 saturated heterocycles. The summed E-state index contributed by atoms with van der Waals surface area (Å²) in [5.41, 5.74) is 10.5.